The van der Waals surface area contributed by atoms with Crippen molar-refractivity contribution in [3.63, 3.8) is 0 Å². The molecule has 0 unspecified atom stereocenters. The molecule has 0 bridgehead atoms. The molecule has 1 aromatic carbocycles. The minimum atomic E-state index is 0.530. The fourth-order valence-corrected chi connectivity index (χ4v) is 4.01. The normalized spacial score (nSPS) is 17.0. The van der Waals surface area contributed by atoms with E-state index in [1.165, 1.54) is 48.1 Å². The Morgan fingerprint density at radius 2 is 1.95 bits per heavy atom. The predicted molar refractivity (Wildman–Crippen MR) is 86.3 cm³/mol. The van der Waals surface area contributed by atoms with Crippen LogP contribution in [0, 0.1) is 6.92 Å². The van der Waals surface area contributed by atoms with Crippen molar-refractivity contribution in [2.75, 3.05) is 0 Å². The lowest BCUT2D eigenvalue weighted by atomic mass is 10.1. The van der Waals surface area contributed by atoms with E-state index in [0.29, 0.717) is 11.1 Å². The molecule has 0 atom stereocenters. The number of fused-ring (bicyclic) bond motifs is 1. The Bertz CT molecular complexity index is 710. The van der Waals surface area contributed by atoms with Crippen LogP contribution in [-0.4, -0.2) is 9.97 Å². The first kappa shape index (κ1) is 13.6. The minimum absolute atomic E-state index is 0.530. The molecule has 4 heteroatoms. The van der Waals surface area contributed by atoms with Crippen LogP contribution in [0.2, 0.25) is 5.15 Å². The van der Waals surface area contributed by atoms with Crippen LogP contribution in [0.5, 0.6) is 0 Å². The maximum absolute atomic E-state index is 6.29. The van der Waals surface area contributed by atoms with Crippen molar-refractivity contribution in [3.8, 4) is 0 Å². The number of hydrogen-bond acceptors (Lipinski definition) is 3. The van der Waals surface area contributed by atoms with Gasteiger partial charge in [0.05, 0.1) is 0 Å². The van der Waals surface area contributed by atoms with E-state index in [1.807, 2.05) is 6.92 Å². The van der Waals surface area contributed by atoms with Crippen LogP contribution in [0.25, 0.3) is 0 Å². The summed E-state index contributed by atoms with van der Waals surface area (Å²) in [5.74, 6) is 1.46. The van der Waals surface area contributed by atoms with Crippen molar-refractivity contribution in [1.82, 2.24) is 9.97 Å². The van der Waals surface area contributed by atoms with E-state index in [4.69, 9.17) is 16.6 Å². The van der Waals surface area contributed by atoms with Gasteiger partial charge in [-0.3, -0.25) is 0 Å². The van der Waals surface area contributed by atoms with Crippen molar-refractivity contribution in [3.05, 3.63) is 45.9 Å². The highest BCUT2D eigenvalue weighted by atomic mass is 35.5. The van der Waals surface area contributed by atoms with Gasteiger partial charge >= 0.3 is 0 Å². The summed E-state index contributed by atoms with van der Waals surface area (Å²) in [6.07, 6.45) is 6.11. The first-order valence-electron chi connectivity index (χ1n) is 7.54. The maximum Gasteiger partial charge on any atom is 0.136 e. The second kappa shape index (κ2) is 5.29. The molecule has 0 amide bonds. The van der Waals surface area contributed by atoms with Gasteiger partial charge in [-0.15, -0.1) is 0 Å². The largest absolute Gasteiger partial charge is 0.226 e. The Morgan fingerprint density at radius 3 is 2.76 bits per heavy atom. The average Bonchev–Trinajstić information content (AvgIpc) is 3.22. The van der Waals surface area contributed by atoms with Crippen molar-refractivity contribution >= 4 is 23.4 Å². The van der Waals surface area contributed by atoms with Crippen LogP contribution in [0.4, 0.5) is 0 Å². The van der Waals surface area contributed by atoms with E-state index in [2.05, 4.69) is 23.2 Å². The highest BCUT2D eigenvalue weighted by Gasteiger charge is 2.28. The van der Waals surface area contributed by atoms with E-state index in [0.717, 1.165) is 16.4 Å². The van der Waals surface area contributed by atoms with Crippen LogP contribution in [0.15, 0.2) is 28.1 Å². The fourth-order valence-electron chi connectivity index (χ4n) is 2.83. The van der Waals surface area contributed by atoms with Crippen molar-refractivity contribution in [2.45, 2.75) is 54.9 Å². The van der Waals surface area contributed by atoms with Gasteiger partial charge in [-0.2, -0.15) is 0 Å². The standard InChI is InChI=1S/C17H17ClN2S/c1-10-15(18)19-16(12-5-6-12)20-17(10)21-14-8-7-11-3-2-4-13(11)9-14/h7-9,12H,2-6H2,1H3. The summed E-state index contributed by atoms with van der Waals surface area (Å²) in [6, 6.07) is 6.80. The molecule has 21 heavy (non-hydrogen) atoms. The Morgan fingerprint density at radius 1 is 1.14 bits per heavy atom. The lowest BCUT2D eigenvalue weighted by molar-refractivity contribution is 0.862. The third-order valence-electron chi connectivity index (χ3n) is 4.29. The summed E-state index contributed by atoms with van der Waals surface area (Å²) in [6.45, 7) is 2.01. The zero-order chi connectivity index (χ0) is 14.4. The maximum atomic E-state index is 6.29. The summed E-state index contributed by atoms with van der Waals surface area (Å²) in [5, 5.41) is 1.62. The molecular formula is C17H17ClN2S. The van der Waals surface area contributed by atoms with Gasteiger partial charge in [-0.1, -0.05) is 29.4 Å². The van der Waals surface area contributed by atoms with E-state index in [1.54, 1.807) is 11.8 Å². The number of aromatic nitrogens is 2. The van der Waals surface area contributed by atoms with E-state index in [9.17, 15) is 0 Å². The first-order valence-corrected chi connectivity index (χ1v) is 8.74. The van der Waals surface area contributed by atoms with Crippen molar-refractivity contribution in [2.24, 2.45) is 0 Å². The van der Waals surface area contributed by atoms with Crippen molar-refractivity contribution in [1.29, 1.82) is 0 Å². The molecule has 0 aliphatic heterocycles. The van der Waals surface area contributed by atoms with Gasteiger partial charge in [-0.05, 0) is 62.3 Å². The van der Waals surface area contributed by atoms with Gasteiger partial charge in [0, 0.05) is 16.4 Å². The second-order valence-electron chi connectivity index (χ2n) is 5.96. The quantitative estimate of drug-likeness (QED) is 0.749. The van der Waals surface area contributed by atoms with Crippen LogP contribution in [0.1, 0.15) is 47.7 Å². The molecule has 1 saturated carbocycles. The topological polar surface area (TPSA) is 25.8 Å². The molecule has 0 radical (unpaired) electrons. The number of nitrogens with zero attached hydrogens (tertiary/aromatic N) is 2. The van der Waals surface area contributed by atoms with Crippen molar-refractivity contribution < 1.29 is 0 Å². The lowest BCUT2D eigenvalue weighted by Gasteiger charge is -2.09. The van der Waals surface area contributed by atoms with Gasteiger partial charge in [-0.25, -0.2) is 9.97 Å². The van der Waals surface area contributed by atoms with Gasteiger partial charge in [0.15, 0.2) is 0 Å². The Kier molecular flexibility index (Phi) is 3.43. The Hall–Kier alpha value is -1.06. The second-order valence-corrected chi connectivity index (χ2v) is 7.38. The molecule has 2 aliphatic carbocycles. The van der Waals surface area contributed by atoms with E-state index in [-0.39, 0.29) is 0 Å². The Labute approximate surface area is 134 Å². The van der Waals surface area contributed by atoms with Crippen LogP contribution in [-0.2, 0) is 12.8 Å². The molecule has 4 rings (SSSR count). The highest BCUT2D eigenvalue weighted by Crippen LogP contribution is 2.41. The molecule has 0 spiro atoms. The smallest absolute Gasteiger partial charge is 0.136 e. The predicted octanol–water partition coefficient (Wildman–Crippen LogP) is 4.96. The van der Waals surface area contributed by atoms with Gasteiger partial charge < -0.3 is 0 Å². The summed E-state index contributed by atoms with van der Waals surface area (Å²) >= 11 is 8.00. The summed E-state index contributed by atoms with van der Waals surface area (Å²) in [5.41, 5.74) is 4.00. The third-order valence-corrected chi connectivity index (χ3v) is 5.73. The fraction of sp³-hybridized carbons (Fsp3) is 0.412. The van der Waals surface area contributed by atoms with Gasteiger partial charge in [0.25, 0.3) is 0 Å². The van der Waals surface area contributed by atoms with Crippen LogP contribution >= 0.6 is 23.4 Å². The summed E-state index contributed by atoms with van der Waals surface area (Å²) < 4.78 is 0. The lowest BCUT2D eigenvalue weighted by Crippen LogP contribution is -1.98. The first-order chi connectivity index (χ1) is 10.2. The number of halogens is 1. The number of rotatable bonds is 3. The Balaban J connectivity index is 1.67. The monoisotopic (exact) mass is 316 g/mol. The number of hydrogen-bond donors (Lipinski definition) is 0. The number of benzene rings is 1. The average molecular weight is 317 g/mol. The molecule has 1 fully saturated rings. The van der Waals surface area contributed by atoms with Crippen LogP contribution in [0.3, 0.4) is 0 Å². The molecule has 1 heterocycles. The molecule has 0 N–H and O–H groups in total. The molecule has 2 aliphatic rings. The molecule has 1 aromatic heterocycles. The third kappa shape index (κ3) is 2.69. The van der Waals surface area contributed by atoms with Gasteiger partial charge in [0.1, 0.15) is 16.0 Å². The molecule has 2 aromatic rings. The molecule has 0 saturated heterocycles. The number of aryl methyl sites for hydroxylation is 2. The zero-order valence-electron chi connectivity index (χ0n) is 12.0. The molecular weight excluding hydrogens is 300 g/mol. The molecule has 2 nitrogen and oxygen atoms in total. The SMILES string of the molecule is Cc1c(Cl)nc(C2CC2)nc1Sc1ccc2c(c1)CCC2. The van der Waals surface area contributed by atoms with Crippen LogP contribution < -0.4 is 0 Å². The molecule has 108 valence electrons. The zero-order valence-corrected chi connectivity index (χ0v) is 13.6. The van der Waals surface area contributed by atoms with Gasteiger partial charge in [0.2, 0.25) is 0 Å². The highest BCUT2D eigenvalue weighted by molar-refractivity contribution is 7.99. The summed E-state index contributed by atoms with van der Waals surface area (Å²) in [4.78, 5) is 10.4. The van der Waals surface area contributed by atoms with E-state index < -0.39 is 0 Å². The van der Waals surface area contributed by atoms with E-state index >= 15 is 0 Å². The minimum Gasteiger partial charge on any atom is -0.226 e. The summed E-state index contributed by atoms with van der Waals surface area (Å²) in [7, 11) is 0.